The van der Waals surface area contributed by atoms with Gasteiger partial charge >= 0.3 is 5.97 Å². The van der Waals surface area contributed by atoms with Gasteiger partial charge < -0.3 is 74.7 Å². The SMILES string of the molecule is O=C(/C=C/c1ccc(O)c(O)c1)OC[C@H]1O[C@@H](OCCc2ccc(O)c(O)c2)[C@H](O)[C@H](O[C@H]2O[C@@H](CO)[C@H](O)[C@@H](O)[C@@H]2O)[C@H]1O. The van der Waals surface area contributed by atoms with Crippen LogP contribution in [0.5, 0.6) is 23.0 Å². The van der Waals surface area contributed by atoms with Gasteiger partial charge in [-0.25, -0.2) is 4.79 Å². The number of benzene rings is 2. The molecule has 2 saturated heterocycles. The predicted octanol–water partition coefficient (Wildman–Crippen LogP) is -2.04. The zero-order valence-electron chi connectivity index (χ0n) is 23.6. The summed E-state index contributed by atoms with van der Waals surface area (Å²) in [6.07, 6.45) is -13.9. The lowest BCUT2D eigenvalue weighted by Crippen LogP contribution is -2.65. The van der Waals surface area contributed by atoms with Crippen LogP contribution < -0.4 is 0 Å². The molecule has 10 N–H and O–H groups in total. The smallest absolute Gasteiger partial charge is 0.330 e. The van der Waals surface area contributed by atoms with Crippen LogP contribution in [0.2, 0.25) is 0 Å². The van der Waals surface area contributed by atoms with Crippen molar-refractivity contribution < 1.29 is 79.5 Å². The Labute approximate surface area is 256 Å². The third kappa shape index (κ3) is 8.39. The van der Waals surface area contributed by atoms with Crippen LogP contribution in [0.3, 0.4) is 0 Å². The van der Waals surface area contributed by atoms with Crippen molar-refractivity contribution in [1.29, 1.82) is 0 Å². The first-order chi connectivity index (χ1) is 21.4. The quantitative estimate of drug-likeness (QED) is 0.0720. The summed E-state index contributed by atoms with van der Waals surface area (Å²) in [5.74, 6) is -2.31. The van der Waals surface area contributed by atoms with E-state index in [0.717, 1.165) is 6.08 Å². The second-order valence-electron chi connectivity index (χ2n) is 10.5. The molecule has 2 aliphatic heterocycles. The van der Waals surface area contributed by atoms with Gasteiger partial charge in [-0.1, -0.05) is 12.1 Å². The topological polar surface area (TPSA) is 266 Å². The van der Waals surface area contributed by atoms with Crippen LogP contribution in [-0.2, 0) is 34.9 Å². The third-order valence-corrected chi connectivity index (χ3v) is 7.30. The average Bonchev–Trinajstić information content (AvgIpc) is 3.01. The number of rotatable bonds is 11. The van der Waals surface area contributed by atoms with Gasteiger partial charge in [0.25, 0.3) is 0 Å². The number of aromatic hydroxyl groups is 4. The molecule has 16 heteroatoms. The number of aliphatic hydroxyl groups is 6. The van der Waals surface area contributed by atoms with Crippen LogP contribution in [-0.4, -0.2) is 138 Å². The highest BCUT2D eigenvalue weighted by atomic mass is 16.7. The Morgan fingerprint density at radius 3 is 2.09 bits per heavy atom. The number of ether oxygens (including phenoxy) is 5. The van der Waals surface area contributed by atoms with Crippen LogP contribution >= 0.6 is 0 Å². The summed E-state index contributed by atoms with van der Waals surface area (Å²) in [6, 6.07) is 7.97. The monoisotopic (exact) mass is 640 g/mol. The maximum atomic E-state index is 12.4. The van der Waals surface area contributed by atoms with Crippen molar-refractivity contribution in [3.05, 3.63) is 53.6 Å². The molecule has 2 aromatic carbocycles. The molecule has 16 nitrogen and oxygen atoms in total. The molecule has 10 atom stereocenters. The Kier molecular flexibility index (Phi) is 11.6. The summed E-state index contributed by atoms with van der Waals surface area (Å²) in [6.45, 7) is -1.44. The number of phenolic OH excluding ortho intramolecular Hbond substituents is 4. The molecule has 2 heterocycles. The van der Waals surface area contributed by atoms with E-state index in [1.54, 1.807) is 0 Å². The van der Waals surface area contributed by atoms with Gasteiger partial charge in [0, 0.05) is 6.08 Å². The van der Waals surface area contributed by atoms with Gasteiger partial charge in [0.1, 0.15) is 55.4 Å². The molecular formula is C29H36O16. The molecule has 0 spiro atoms. The predicted molar refractivity (Wildman–Crippen MR) is 149 cm³/mol. The van der Waals surface area contributed by atoms with E-state index < -0.39 is 86.3 Å². The lowest BCUT2D eigenvalue weighted by Gasteiger charge is -2.46. The summed E-state index contributed by atoms with van der Waals surface area (Å²) >= 11 is 0. The second kappa shape index (κ2) is 15.2. The molecule has 0 bridgehead atoms. The summed E-state index contributed by atoms with van der Waals surface area (Å²) in [5.41, 5.74) is 0.923. The molecule has 0 saturated carbocycles. The van der Waals surface area contributed by atoms with Gasteiger partial charge in [-0.3, -0.25) is 0 Å². The number of esters is 1. The van der Waals surface area contributed by atoms with Crippen LogP contribution in [0.25, 0.3) is 6.08 Å². The first-order valence-electron chi connectivity index (χ1n) is 13.9. The molecule has 0 amide bonds. The van der Waals surface area contributed by atoms with Gasteiger partial charge in [0.2, 0.25) is 0 Å². The summed E-state index contributed by atoms with van der Waals surface area (Å²) in [7, 11) is 0. The van der Waals surface area contributed by atoms with E-state index in [1.807, 2.05) is 0 Å². The maximum absolute atomic E-state index is 12.4. The highest BCUT2D eigenvalue weighted by Crippen LogP contribution is 2.31. The number of phenols is 4. The molecule has 4 rings (SSSR count). The summed E-state index contributed by atoms with van der Waals surface area (Å²) in [5, 5.41) is 100. The molecule has 0 unspecified atom stereocenters. The molecule has 248 valence electrons. The van der Waals surface area contributed by atoms with Crippen LogP contribution in [0.1, 0.15) is 11.1 Å². The Balaban J connectivity index is 1.45. The second-order valence-corrected chi connectivity index (χ2v) is 10.5. The highest BCUT2D eigenvalue weighted by Gasteiger charge is 2.51. The van der Waals surface area contributed by atoms with Crippen LogP contribution in [0.4, 0.5) is 0 Å². The molecule has 0 aliphatic carbocycles. The first-order valence-corrected chi connectivity index (χ1v) is 13.9. The number of carbonyl (C=O) groups is 1. The van der Waals surface area contributed by atoms with E-state index >= 15 is 0 Å². The van der Waals surface area contributed by atoms with Gasteiger partial charge in [-0.05, 0) is 47.9 Å². The molecule has 2 fully saturated rings. The maximum Gasteiger partial charge on any atom is 0.330 e. The van der Waals surface area contributed by atoms with Crippen molar-refractivity contribution in [3.63, 3.8) is 0 Å². The van der Waals surface area contributed by atoms with Crippen molar-refractivity contribution in [1.82, 2.24) is 0 Å². The highest BCUT2D eigenvalue weighted by molar-refractivity contribution is 5.87. The zero-order valence-corrected chi connectivity index (χ0v) is 23.6. The molecule has 0 aromatic heterocycles. The Morgan fingerprint density at radius 2 is 1.42 bits per heavy atom. The minimum absolute atomic E-state index is 0.108. The minimum Gasteiger partial charge on any atom is -0.504 e. The van der Waals surface area contributed by atoms with Gasteiger partial charge in [-0.2, -0.15) is 0 Å². The fourth-order valence-corrected chi connectivity index (χ4v) is 4.71. The van der Waals surface area contributed by atoms with Gasteiger partial charge in [-0.15, -0.1) is 0 Å². The minimum atomic E-state index is -1.85. The lowest BCUT2D eigenvalue weighted by molar-refractivity contribution is -0.360. The number of hydrogen-bond acceptors (Lipinski definition) is 16. The van der Waals surface area contributed by atoms with Crippen molar-refractivity contribution in [3.8, 4) is 23.0 Å². The number of hydrogen-bond donors (Lipinski definition) is 10. The first kappa shape index (κ1) is 34.3. The van der Waals surface area contributed by atoms with Gasteiger partial charge in [0.15, 0.2) is 35.6 Å². The van der Waals surface area contributed by atoms with Gasteiger partial charge in [0.05, 0.1) is 13.2 Å². The van der Waals surface area contributed by atoms with E-state index in [-0.39, 0.29) is 30.3 Å². The Morgan fingerprint density at radius 1 is 0.756 bits per heavy atom. The fourth-order valence-electron chi connectivity index (χ4n) is 4.71. The normalized spacial score (nSPS) is 32.0. The summed E-state index contributed by atoms with van der Waals surface area (Å²) in [4.78, 5) is 12.4. The standard InChI is InChI=1S/C29H36O16/c30-11-19-22(36)24(38)25(39)29(43-19)45-27-23(37)20(12-42-21(35)6-3-13-1-4-15(31)17(33)9-13)44-28(26(27)40)41-8-7-14-2-5-16(32)18(34)10-14/h1-6,9-10,19-20,22-34,36-40H,7-8,11-12H2/b6-3+/t19-,20+,22-,23-,24+,25-,26+,27+,28+,29+/m0/s1. The number of aliphatic hydroxyl groups excluding tert-OH is 6. The van der Waals surface area contributed by atoms with E-state index in [0.29, 0.717) is 11.1 Å². The summed E-state index contributed by atoms with van der Waals surface area (Å²) < 4.78 is 27.5. The van der Waals surface area contributed by atoms with Crippen molar-refractivity contribution >= 4 is 12.0 Å². The number of carbonyl (C=O) groups excluding carboxylic acids is 1. The average molecular weight is 641 g/mol. The molecular weight excluding hydrogens is 604 g/mol. The largest absolute Gasteiger partial charge is 0.504 e. The molecule has 45 heavy (non-hydrogen) atoms. The van der Waals surface area contributed by atoms with E-state index in [1.165, 1.54) is 42.5 Å². The van der Waals surface area contributed by atoms with E-state index in [2.05, 4.69) is 0 Å². The third-order valence-electron chi connectivity index (χ3n) is 7.30. The molecule has 2 aliphatic rings. The van der Waals surface area contributed by atoms with Crippen LogP contribution in [0, 0.1) is 0 Å². The lowest BCUT2D eigenvalue weighted by atomic mass is 9.97. The Bertz CT molecular complexity index is 1320. The van der Waals surface area contributed by atoms with E-state index in [9.17, 15) is 55.9 Å². The van der Waals surface area contributed by atoms with Crippen molar-refractivity contribution in [2.75, 3.05) is 19.8 Å². The molecule has 0 radical (unpaired) electrons. The van der Waals surface area contributed by atoms with Crippen molar-refractivity contribution in [2.45, 2.75) is 67.8 Å². The molecule has 2 aromatic rings. The Hall–Kier alpha value is -3.55. The van der Waals surface area contributed by atoms with E-state index in [4.69, 9.17) is 23.7 Å². The van der Waals surface area contributed by atoms with Crippen molar-refractivity contribution in [2.24, 2.45) is 0 Å². The zero-order chi connectivity index (χ0) is 32.8. The fraction of sp³-hybridized carbons (Fsp3) is 0.483. The van der Waals surface area contributed by atoms with Crippen LogP contribution in [0.15, 0.2) is 42.5 Å².